The van der Waals surface area contributed by atoms with E-state index in [-0.39, 0.29) is 52.6 Å². The summed E-state index contributed by atoms with van der Waals surface area (Å²) in [5.74, 6) is -1.31. The van der Waals surface area contributed by atoms with Crippen LogP contribution in [0.5, 0.6) is 0 Å². The summed E-state index contributed by atoms with van der Waals surface area (Å²) in [7, 11) is -4.06. The van der Waals surface area contributed by atoms with Crippen molar-refractivity contribution in [1.82, 2.24) is 14.7 Å². The molecule has 0 spiro atoms. The number of halogens is 1. The topological polar surface area (TPSA) is 137 Å². The van der Waals surface area contributed by atoms with Crippen LogP contribution in [0.2, 0.25) is 0 Å². The van der Waals surface area contributed by atoms with E-state index in [0.717, 1.165) is 17.3 Å². The van der Waals surface area contributed by atoms with Gasteiger partial charge in [0.1, 0.15) is 0 Å². The number of nitriles is 1. The Labute approximate surface area is 231 Å². The average Bonchev–Trinajstić information content (AvgIpc) is 2.81. The molecule has 36 heavy (non-hydrogen) atoms. The molecule has 0 bridgehead atoms. The standard InChI is InChI=1S/C24H25FN6O3S.Na/c1-4-22(32)31-35(33,34)21-13-19(9-7-15(21)2)29-24-27-14-20(25)23(30-24)28-18-10-8-17(6-5-11-26)16(3)12-18;/h7-10,12-14H,4-6H2,1-3H3,(H,31,32)(H2,27,28,29,30);. The van der Waals surface area contributed by atoms with Gasteiger partial charge in [0.15, 0.2) is 11.6 Å². The smallest absolute Gasteiger partial charge is 0.264 e. The Balaban J connectivity index is 0.00000456. The van der Waals surface area contributed by atoms with Crippen LogP contribution in [0.3, 0.4) is 0 Å². The van der Waals surface area contributed by atoms with E-state index in [1.807, 2.05) is 23.8 Å². The summed E-state index contributed by atoms with van der Waals surface area (Å²) in [6.45, 7) is 5.07. The van der Waals surface area contributed by atoms with E-state index in [1.54, 1.807) is 32.0 Å². The van der Waals surface area contributed by atoms with Crippen molar-refractivity contribution in [2.45, 2.75) is 44.9 Å². The Bertz CT molecular complexity index is 1410. The number of hydrogen-bond acceptors (Lipinski definition) is 8. The van der Waals surface area contributed by atoms with Gasteiger partial charge in [0.2, 0.25) is 11.9 Å². The van der Waals surface area contributed by atoms with Crippen molar-refractivity contribution >= 4 is 68.6 Å². The van der Waals surface area contributed by atoms with Crippen LogP contribution in [0.15, 0.2) is 47.5 Å². The Morgan fingerprint density at radius 3 is 2.44 bits per heavy atom. The molecule has 3 rings (SSSR count). The quantitative estimate of drug-likeness (QED) is 0.361. The van der Waals surface area contributed by atoms with Crippen LogP contribution >= 0.6 is 0 Å². The molecule has 1 heterocycles. The normalized spacial score (nSPS) is 10.6. The Kier molecular flexibility index (Phi) is 10.4. The number of nitrogens with zero attached hydrogens (tertiary/aromatic N) is 3. The van der Waals surface area contributed by atoms with Crippen LogP contribution in [-0.2, 0) is 21.2 Å². The number of aromatic nitrogens is 2. The molecule has 12 heteroatoms. The third-order valence-electron chi connectivity index (χ3n) is 5.16. The number of sulfonamides is 1. The molecule has 0 atom stereocenters. The van der Waals surface area contributed by atoms with Gasteiger partial charge in [0, 0.05) is 53.8 Å². The van der Waals surface area contributed by atoms with E-state index in [2.05, 4.69) is 26.7 Å². The number of nitrogens with one attached hydrogen (secondary N) is 3. The minimum Gasteiger partial charge on any atom is -0.338 e. The fourth-order valence-electron chi connectivity index (χ4n) is 3.27. The second-order valence-corrected chi connectivity index (χ2v) is 9.45. The van der Waals surface area contributed by atoms with Crippen LogP contribution < -0.4 is 15.4 Å². The predicted molar refractivity (Wildman–Crippen MR) is 136 cm³/mol. The molecule has 0 unspecified atom stereocenters. The van der Waals surface area contributed by atoms with Crippen molar-refractivity contribution in [3.8, 4) is 6.07 Å². The third kappa shape index (κ3) is 7.48. The molecule has 0 saturated carbocycles. The first-order valence-corrected chi connectivity index (χ1v) is 12.3. The van der Waals surface area contributed by atoms with Crippen molar-refractivity contribution < 1.29 is 17.6 Å². The summed E-state index contributed by atoms with van der Waals surface area (Å²) >= 11 is 0. The number of hydrogen-bond donors (Lipinski definition) is 3. The minimum absolute atomic E-state index is 0. The van der Waals surface area contributed by atoms with E-state index < -0.39 is 21.7 Å². The van der Waals surface area contributed by atoms with Gasteiger partial charge in [-0.2, -0.15) is 10.2 Å². The fourth-order valence-corrected chi connectivity index (χ4v) is 4.60. The van der Waals surface area contributed by atoms with Crippen molar-refractivity contribution in [3.63, 3.8) is 0 Å². The number of carbonyl (C=O) groups excluding carboxylic acids is 1. The number of aryl methyl sites for hydroxylation is 3. The molecular formula is C24H25FN6NaO3S. The van der Waals surface area contributed by atoms with E-state index >= 15 is 0 Å². The number of anilines is 4. The van der Waals surface area contributed by atoms with Crippen molar-refractivity contribution in [1.29, 1.82) is 5.26 Å². The summed E-state index contributed by atoms with van der Waals surface area (Å²) in [6, 6.07) is 12.2. The molecule has 2 aromatic carbocycles. The molecule has 0 aliphatic carbocycles. The monoisotopic (exact) mass is 519 g/mol. The Hall–Kier alpha value is -3.04. The largest absolute Gasteiger partial charge is 0.338 e. The Morgan fingerprint density at radius 2 is 1.78 bits per heavy atom. The number of carbonyl (C=O) groups is 1. The average molecular weight is 520 g/mol. The van der Waals surface area contributed by atoms with Gasteiger partial charge >= 0.3 is 0 Å². The van der Waals surface area contributed by atoms with E-state index in [9.17, 15) is 17.6 Å². The second kappa shape index (κ2) is 12.8. The zero-order valence-corrected chi connectivity index (χ0v) is 23.3. The summed E-state index contributed by atoms with van der Waals surface area (Å²) < 4.78 is 41.6. The van der Waals surface area contributed by atoms with Crippen molar-refractivity contribution in [2.24, 2.45) is 0 Å². The summed E-state index contributed by atoms with van der Waals surface area (Å²) in [5.41, 5.74) is 3.39. The number of amides is 1. The maximum atomic E-state index is 14.4. The molecule has 0 aliphatic heterocycles. The summed E-state index contributed by atoms with van der Waals surface area (Å²) in [4.78, 5) is 19.6. The zero-order valence-electron chi connectivity index (χ0n) is 20.5. The fraction of sp³-hybridized carbons (Fsp3) is 0.250. The minimum atomic E-state index is -4.06. The maximum absolute atomic E-state index is 14.4. The molecule has 0 aliphatic rings. The van der Waals surface area contributed by atoms with Gasteiger partial charge in [-0.25, -0.2) is 22.5 Å². The van der Waals surface area contributed by atoms with Crippen molar-refractivity contribution in [2.75, 3.05) is 10.6 Å². The Morgan fingerprint density at radius 1 is 1.08 bits per heavy atom. The van der Waals surface area contributed by atoms with Gasteiger partial charge in [-0.3, -0.25) is 4.79 Å². The summed E-state index contributed by atoms with van der Waals surface area (Å²) in [5, 5.41) is 14.6. The van der Waals surface area contributed by atoms with Gasteiger partial charge < -0.3 is 10.6 Å². The van der Waals surface area contributed by atoms with E-state index in [1.165, 1.54) is 6.07 Å². The SMILES string of the molecule is CCC(=O)NS(=O)(=O)c1cc(Nc2ncc(F)c(Nc3ccc(CCC#N)c(C)c3)n2)ccc1C.[Na]. The van der Waals surface area contributed by atoms with Crippen LogP contribution in [0, 0.1) is 31.0 Å². The van der Waals surface area contributed by atoms with E-state index in [0.29, 0.717) is 29.8 Å². The van der Waals surface area contributed by atoms with Crippen LogP contribution in [0.4, 0.5) is 27.5 Å². The van der Waals surface area contributed by atoms with Crippen molar-refractivity contribution in [3.05, 3.63) is 65.1 Å². The first kappa shape index (κ1) is 29.2. The number of benzene rings is 2. The van der Waals surface area contributed by atoms with Crippen LogP contribution in [0.25, 0.3) is 0 Å². The molecule has 1 radical (unpaired) electrons. The van der Waals surface area contributed by atoms with Gasteiger partial charge in [0.25, 0.3) is 10.0 Å². The molecule has 3 N–H and O–H groups in total. The zero-order chi connectivity index (χ0) is 25.6. The van der Waals surface area contributed by atoms with Gasteiger partial charge in [-0.05, 0) is 61.2 Å². The van der Waals surface area contributed by atoms with Crippen LogP contribution in [0.1, 0.15) is 36.5 Å². The molecule has 9 nitrogen and oxygen atoms in total. The first-order valence-electron chi connectivity index (χ1n) is 10.8. The molecule has 1 aromatic heterocycles. The first-order chi connectivity index (χ1) is 16.6. The molecule has 0 saturated heterocycles. The molecule has 183 valence electrons. The van der Waals surface area contributed by atoms with Gasteiger partial charge in [-0.1, -0.05) is 19.1 Å². The van der Waals surface area contributed by atoms with Gasteiger partial charge in [0.05, 0.1) is 17.2 Å². The molecule has 1 amide bonds. The number of rotatable bonds is 9. The molecule has 0 fully saturated rings. The molecular weight excluding hydrogens is 494 g/mol. The third-order valence-corrected chi connectivity index (χ3v) is 6.67. The second-order valence-electron chi connectivity index (χ2n) is 7.80. The van der Waals surface area contributed by atoms with E-state index in [4.69, 9.17) is 5.26 Å². The summed E-state index contributed by atoms with van der Waals surface area (Å²) in [6.07, 6.45) is 2.07. The van der Waals surface area contributed by atoms with Gasteiger partial charge in [-0.15, -0.1) is 0 Å². The molecule has 3 aromatic rings. The maximum Gasteiger partial charge on any atom is 0.264 e. The van der Waals surface area contributed by atoms with Crippen LogP contribution in [-0.4, -0.2) is 53.9 Å². The predicted octanol–water partition coefficient (Wildman–Crippen LogP) is 4.01.